The number of nitrogens with one attached hydrogen (secondary N) is 2. The Hall–Kier alpha value is -1.26. The van der Waals surface area contributed by atoms with Crippen molar-refractivity contribution in [3.05, 3.63) is 62.7 Å². The lowest BCUT2D eigenvalue weighted by Gasteiger charge is -2.11. The minimum absolute atomic E-state index is 0.782. The first kappa shape index (κ1) is 13.7. The molecule has 2 N–H and O–H groups in total. The zero-order valence-corrected chi connectivity index (χ0v) is 14.2. The average molecular weight is 394 g/mol. The van der Waals surface area contributed by atoms with Crippen LogP contribution in [0.15, 0.2) is 51.5 Å². The Morgan fingerprint density at radius 1 is 1.10 bits per heavy atom. The van der Waals surface area contributed by atoms with Crippen molar-refractivity contribution in [1.82, 2.24) is 4.98 Å². The molecular formula is C16H14Br2N2. The van der Waals surface area contributed by atoms with Crippen molar-refractivity contribution in [2.24, 2.45) is 0 Å². The number of hydrogen-bond acceptors (Lipinski definition) is 1. The van der Waals surface area contributed by atoms with Gasteiger partial charge in [-0.3, -0.25) is 0 Å². The van der Waals surface area contributed by atoms with Crippen LogP contribution in [-0.2, 0) is 6.54 Å². The summed E-state index contributed by atoms with van der Waals surface area (Å²) in [6, 6.07) is 12.6. The molecule has 3 rings (SSSR count). The van der Waals surface area contributed by atoms with Crippen LogP contribution >= 0.6 is 31.9 Å². The van der Waals surface area contributed by atoms with Gasteiger partial charge in [-0.05, 0) is 68.1 Å². The molecule has 2 aromatic carbocycles. The van der Waals surface area contributed by atoms with E-state index in [1.165, 1.54) is 22.0 Å². The van der Waals surface area contributed by atoms with Crippen molar-refractivity contribution in [3.8, 4) is 0 Å². The zero-order chi connectivity index (χ0) is 14.1. The topological polar surface area (TPSA) is 27.8 Å². The van der Waals surface area contributed by atoms with Crippen molar-refractivity contribution < 1.29 is 0 Å². The van der Waals surface area contributed by atoms with E-state index in [9.17, 15) is 0 Å². The molecule has 0 atom stereocenters. The average Bonchev–Trinajstić information content (AvgIpc) is 2.81. The van der Waals surface area contributed by atoms with Gasteiger partial charge in [0.05, 0.1) is 5.69 Å². The van der Waals surface area contributed by atoms with Crippen molar-refractivity contribution in [2.45, 2.75) is 13.5 Å². The smallest absolute Gasteiger partial charge is 0.0631 e. The predicted molar refractivity (Wildman–Crippen MR) is 92.2 cm³/mol. The lowest BCUT2D eigenvalue weighted by molar-refractivity contribution is 1.15. The minimum atomic E-state index is 0.782. The number of aromatic nitrogens is 1. The molecule has 0 fully saturated rings. The number of rotatable bonds is 3. The lowest BCUT2D eigenvalue weighted by atomic mass is 10.1. The number of aromatic amines is 1. The molecule has 3 aromatic rings. The fraction of sp³-hybridized carbons (Fsp3) is 0.125. The first-order valence-corrected chi connectivity index (χ1v) is 7.98. The van der Waals surface area contributed by atoms with Crippen LogP contribution in [0.25, 0.3) is 10.9 Å². The monoisotopic (exact) mass is 392 g/mol. The fourth-order valence-corrected chi connectivity index (χ4v) is 4.03. The highest BCUT2D eigenvalue weighted by atomic mass is 79.9. The Kier molecular flexibility index (Phi) is 3.85. The van der Waals surface area contributed by atoms with E-state index < -0.39 is 0 Å². The molecule has 0 radical (unpaired) electrons. The normalized spacial score (nSPS) is 10.9. The molecule has 0 saturated carbocycles. The van der Waals surface area contributed by atoms with E-state index in [4.69, 9.17) is 0 Å². The van der Waals surface area contributed by atoms with Crippen LogP contribution < -0.4 is 5.32 Å². The van der Waals surface area contributed by atoms with E-state index in [-0.39, 0.29) is 0 Å². The van der Waals surface area contributed by atoms with Gasteiger partial charge in [-0.15, -0.1) is 0 Å². The summed E-state index contributed by atoms with van der Waals surface area (Å²) in [5.41, 5.74) is 4.74. The predicted octanol–water partition coefficient (Wildman–Crippen LogP) is 5.61. The summed E-state index contributed by atoms with van der Waals surface area (Å²) in [5, 5.41) is 4.75. The highest BCUT2D eigenvalue weighted by Crippen LogP contribution is 2.33. The van der Waals surface area contributed by atoms with Gasteiger partial charge in [0.2, 0.25) is 0 Å². The van der Waals surface area contributed by atoms with E-state index in [0.717, 1.165) is 21.2 Å². The second-order valence-corrected chi connectivity index (χ2v) is 6.53. The molecule has 4 heteroatoms. The summed E-state index contributed by atoms with van der Waals surface area (Å²) in [6.45, 7) is 2.86. The summed E-state index contributed by atoms with van der Waals surface area (Å²) in [7, 11) is 0. The molecular weight excluding hydrogens is 380 g/mol. The third kappa shape index (κ3) is 2.63. The van der Waals surface area contributed by atoms with Gasteiger partial charge in [0.25, 0.3) is 0 Å². The molecule has 0 unspecified atom stereocenters. The Morgan fingerprint density at radius 3 is 2.55 bits per heavy atom. The van der Waals surface area contributed by atoms with Crippen LogP contribution in [0.1, 0.15) is 11.1 Å². The fourth-order valence-electron chi connectivity index (χ4n) is 2.33. The maximum Gasteiger partial charge on any atom is 0.0631 e. The van der Waals surface area contributed by atoms with Crippen molar-refractivity contribution in [1.29, 1.82) is 0 Å². The summed E-state index contributed by atoms with van der Waals surface area (Å²) < 4.78 is 2.15. The van der Waals surface area contributed by atoms with E-state index in [0.29, 0.717) is 0 Å². The van der Waals surface area contributed by atoms with Crippen molar-refractivity contribution >= 4 is 48.5 Å². The van der Waals surface area contributed by atoms with Crippen LogP contribution in [0, 0.1) is 6.92 Å². The molecule has 20 heavy (non-hydrogen) atoms. The van der Waals surface area contributed by atoms with Gasteiger partial charge >= 0.3 is 0 Å². The van der Waals surface area contributed by atoms with Crippen LogP contribution in [0.5, 0.6) is 0 Å². The molecule has 1 aromatic heterocycles. The van der Waals surface area contributed by atoms with E-state index in [1.54, 1.807) is 0 Å². The standard InChI is InChI=1S/C16H14Br2N2/c1-10-6-13(17)16(14(18)7-10)20-9-11-8-19-15-5-3-2-4-12(11)15/h2-8,19-20H,9H2,1H3. The SMILES string of the molecule is Cc1cc(Br)c(NCc2c[nH]c3ccccc23)c(Br)c1. The largest absolute Gasteiger partial charge is 0.379 e. The van der Waals surface area contributed by atoms with E-state index in [2.05, 4.69) is 85.6 Å². The molecule has 2 nitrogen and oxygen atoms in total. The van der Waals surface area contributed by atoms with E-state index >= 15 is 0 Å². The Labute approximate surface area is 134 Å². The molecule has 0 spiro atoms. The molecule has 0 aliphatic rings. The molecule has 1 heterocycles. The highest BCUT2D eigenvalue weighted by Gasteiger charge is 2.08. The molecule has 0 bridgehead atoms. The first-order chi connectivity index (χ1) is 9.65. The van der Waals surface area contributed by atoms with Crippen LogP contribution in [0.3, 0.4) is 0 Å². The Balaban J connectivity index is 1.87. The second kappa shape index (κ2) is 5.62. The van der Waals surface area contributed by atoms with Gasteiger partial charge < -0.3 is 10.3 Å². The number of aryl methyl sites for hydroxylation is 1. The number of benzene rings is 2. The Morgan fingerprint density at radius 2 is 1.80 bits per heavy atom. The quantitative estimate of drug-likeness (QED) is 0.594. The van der Waals surface area contributed by atoms with Crippen molar-refractivity contribution in [3.63, 3.8) is 0 Å². The van der Waals surface area contributed by atoms with Gasteiger partial charge in [-0.2, -0.15) is 0 Å². The van der Waals surface area contributed by atoms with Gasteiger partial charge in [-0.25, -0.2) is 0 Å². The summed E-state index contributed by atoms with van der Waals surface area (Å²) in [6.07, 6.45) is 2.06. The van der Waals surface area contributed by atoms with E-state index in [1.807, 2.05) is 6.07 Å². The van der Waals surface area contributed by atoms with Gasteiger partial charge in [-0.1, -0.05) is 18.2 Å². The Bertz CT molecular complexity index is 739. The van der Waals surface area contributed by atoms with Gasteiger partial charge in [0.1, 0.15) is 0 Å². The van der Waals surface area contributed by atoms with Crippen LogP contribution in [0.4, 0.5) is 5.69 Å². The number of hydrogen-bond donors (Lipinski definition) is 2. The second-order valence-electron chi connectivity index (χ2n) is 4.82. The number of H-pyrrole nitrogens is 1. The molecule has 0 amide bonds. The van der Waals surface area contributed by atoms with Crippen LogP contribution in [-0.4, -0.2) is 4.98 Å². The number of anilines is 1. The maximum atomic E-state index is 3.61. The number of para-hydroxylation sites is 1. The highest BCUT2D eigenvalue weighted by molar-refractivity contribution is 9.11. The third-order valence-electron chi connectivity index (χ3n) is 3.32. The number of halogens is 2. The lowest BCUT2D eigenvalue weighted by Crippen LogP contribution is -2.00. The summed E-state index contributed by atoms with van der Waals surface area (Å²) >= 11 is 7.22. The molecule has 0 aliphatic carbocycles. The number of fused-ring (bicyclic) bond motifs is 1. The molecule has 0 saturated heterocycles. The minimum Gasteiger partial charge on any atom is -0.379 e. The zero-order valence-electron chi connectivity index (χ0n) is 11.0. The van der Waals surface area contributed by atoms with Crippen molar-refractivity contribution in [2.75, 3.05) is 5.32 Å². The van der Waals surface area contributed by atoms with Crippen LogP contribution in [0.2, 0.25) is 0 Å². The summed E-state index contributed by atoms with van der Waals surface area (Å²) in [5.74, 6) is 0. The van der Waals surface area contributed by atoms with Gasteiger partial charge in [0, 0.05) is 32.6 Å². The maximum absolute atomic E-state index is 3.61. The molecule has 102 valence electrons. The van der Waals surface area contributed by atoms with Gasteiger partial charge in [0.15, 0.2) is 0 Å². The first-order valence-electron chi connectivity index (χ1n) is 6.39. The third-order valence-corrected chi connectivity index (χ3v) is 4.57. The molecule has 0 aliphatic heterocycles. The summed E-state index contributed by atoms with van der Waals surface area (Å²) in [4.78, 5) is 3.30.